The highest BCUT2D eigenvalue weighted by Crippen LogP contribution is 2.36. The van der Waals surface area contributed by atoms with Crippen molar-refractivity contribution in [2.75, 3.05) is 55.5 Å². The summed E-state index contributed by atoms with van der Waals surface area (Å²) in [4.78, 5) is 22.7. The number of carbonyl (C=O) groups is 1. The summed E-state index contributed by atoms with van der Waals surface area (Å²) in [5.41, 5.74) is -1.03. The molecule has 1 amide bonds. The summed E-state index contributed by atoms with van der Waals surface area (Å²) in [7, 11) is 0.832. The fourth-order valence-corrected chi connectivity index (χ4v) is 5.35. The number of nitrogens with one attached hydrogen (secondary N) is 3. The molecule has 4 rings (SSSR count). The van der Waals surface area contributed by atoms with Crippen molar-refractivity contribution in [3.63, 3.8) is 0 Å². The van der Waals surface area contributed by atoms with Crippen LogP contribution in [-0.2, 0) is 22.7 Å². The molecule has 45 heavy (non-hydrogen) atoms. The first-order chi connectivity index (χ1) is 21.1. The van der Waals surface area contributed by atoms with Crippen molar-refractivity contribution in [1.82, 2.24) is 20.2 Å². The summed E-state index contributed by atoms with van der Waals surface area (Å²) in [6.07, 6.45) is -1.89. The molecule has 0 spiro atoms. The van der Waals surface area contributed by atoms with Gasteiger partial charge in [0, 0.05) is 36.9 Å². The van der Waals surface area contributed by atoms with Crippen molar-refractivity contribution < 1.29 is 35.5 Å². The van der Waals surface area contributed by atoms with Crippen LogP contribution in [0.3, 0.4) is 0 Å². The number of anilines is 4. The third-order valence-electron chi connectivity index (χ3n) is 7.26. The zero-order valence-electron chi connectivity index (χ0n) is 24.8. The first-order valence-corrected chi connectivity index (χ1v) is 15.8. The minimum atomic E-state index is -4.85. The van der Waals surface area contributed by atoms with Gasteiger partial charge in [0.2, 0.25) is 16.0 Å². The summed E-state index contributed by atoms with van der Waals surface area (Å²) in [6, 6.07) is 6.35. The van der Waals surface area contributed by atoms with Crippen molar-refractivity contribution >= 4 is 50.7 Å². The number of piperidine rings is 1. The number of amides is 1. The highest BCUT2D eigenvalue weighted by atomic mass is 35.5. The van der Waals surface area contributed by atoms with E-state index >= 15 is 4.39 Å². The maximum Gasteiger partial charge on any atom is 0.421 e. The number of nitrogens with zero attached hydrogens (tertiary/aromatic N) is 4. The number of ether oxygens (including phenoxy) is 1. The van der Waals surface area contributed by atoms with Gasteiger partial charge in [-0.2, -0.15) is 18.2 Å². The van der Waals surface area contributed by atoms with Crippen LogP contribution in [0.5, 0.6) is 5.75 Å². The van der Waals surface area contributed by atoms with Gasteiger partial charge in [0.05, 0.1) is 30.3 Å². The van der Waals surface area contributed by atoms with Crippen LogP contribution in [0.15, 0.2) is 36.5 Å². The van der Waals surface area contributed by atoms with Crippen LogP contribution in [0.2, 0.25) is 5.02 Å². The zero-order valence-corrected chi connectivity index (χ0v) is 26.4. The Morgan fingerprint density at radius 2 is 1.89 bits per heavy atom. The first-order valence-electron chi connectivity index (χ1n) is 13.6. The van der Waals surface area contributed by atoms with Crippen molar-refractivity contribution in [2.24, 2.45) is 0 Å². The van der Waals surface area contributed by atoms with Gasteiger partial charge in [0.25, 0.3) is 5.91 Å². The molecule has 0 unspecified atom stereocenters. The maximum absolute atomic E-state index is 15.1. The van der Waals surface area contributed by atoms with Gasteiger partial charge in [-0.15, -0.1) is 0 Å². The van der Waals surface area contributed by atoms with Gasteiger partial charge in [-0.05, 0) is 56.7 Å². The van der Waals surface area contributed by atoms with Gasteiger partial charge in [-0.25, -0.2) is 17.8 Å². The Morgan fingerprint density at radius 1 is 1.20 bits per heavy atom. The fraction of sp³-hybridized carbons (Fsp3) is 0.393. The second-order valence-electron chi connectivity index (χ2n) is 10.5. The van der Waals surface area contributed by atoms with E-state index in [1.807, 2.05) is 7.05 Å². The van der Waals surface area contributed by atoms with E-state index < -0.39 is 39.3 Å². The second-order valence-corrected chi connectivity index (χ2v) is 13.0. The molecule has 0 atom stereocenters. The topological polar surface area (TPSA) is 129 Å². The van der Waals surface area contributed by atoms with Gasteiger partial charge in [-0.3, -0.25) is 9.10 Å². The van der Waals surface area contributed by atoms with Gasteiger partial charge >= 0.3 is 6.18 Å². The Labute approximate surface area is 263 Å². The predicted octanol–water partition coefficient (Wildman–Crippen LogP) is 4.87. The van der Waals surface area contributed by atoms with Crippen LogP contribution in [0, 0.1) is 5.82 Å². The molecule has 0 aliphatic carbocycles. The smallest absolute Gasteiger partial charge is 0.421 e. The largest absolute Gasteiger partial charge is 0.495 e. The third kappa shape index (κ3) is 8.43. The molecule has 0 saturated carbocycles. The number of halogens is 5. The Bertz CT molecular complexity index is 1670. The molecule has 3 N–H and O–H groups in total. The van der Waals surface area contributed by atoms with Crippen LogP contribution < -0.4 is 25.0 Å². The molecule has 2 aromatic carbocycles. The molecule has 2 heterocycles. The van der Waals surface area contributed by atoms with Gasteiger partial charge in [-0.1, -0.05) is 17.7 Å². The number of carbonyl (C=O) groups excluding carboxylic acids is 1. The van der Waals surface area contributed by atoms with E-state index in [0.717, 1.165) is 42.6 Å². The van der Waals surface area contributed by atoms with E-state index in [0.29, 0.717) is 11.8 Å². The number of aromatic nitrogens is 2. The van der Waals surface area contributed by atoms with E-state index in [2.05, 4.69) is 30.8 Å². The second kappa shape index (κ2) is 13.6. The summed E-state index contributed by atoms with van der Waals surface area (Å²) in [6.45, 7) is 1.31. The minimum absolute atomic E-state index is 0.0255. The van der Waals surface area contributed by atoms with Crippen LogP contribution >= 0.6 is 11.6 Å². The SMILES string of the molecule is COc1cc(C(=O)NC2CCN(C)CC2)c(F)cc1Nc1ncc(C(F)(F)F)c(NCc2ccc(Cl)cc2N(C)S(C)(=O)=O)n1. The van der Waals surface area contributed by atoms with Crippen LogP contribution in [0.1, 0.15) is 34.3 Å². The molecule has 11 nitrogen and oxygen atoms in total. The molecule has 0 bridgehead atoms. The Hall–Kier alpha value is -3.89. The molecule has 1 saturated heterocycles. The van der Waals surface area contributed by atoms with Gasteiger partial charge in [0.15, 0.2) is 0 Å². The number of hydrogen-bond acceptors (Lipinski definition) is 9. The number of rotatable bonds is 10. The fourth-order valence-electron chi connectivity index (χ4n) is 4.65. The van der Waals surface area contributed by atoms with Crippen molar-refractivity contribution in [3.8, 4) is 5.75 Å². The van der Waals surface area contributed by atoms with E-state index in [1.165, 1.54) is 38.4 Å². The lowest BCUT2D eigenvalue weighted by molar-refractivity contribution is -0.137. The summed E-state index contributed by atoms with van der Waals surface area (Å²) < 4.78 is 87.3. The lowest BCUT2D eigenvalue weighted by Crippen LogP contribution is -2.43. The van der Waals surface area contributed by atoms with Crippen LogP contribution in [0.25, 0.3) is 0 Å². The quantitative estimate of drug-likeness (QED) is 0.258. The van der Waals surface area contributed by atoms with Crippen molar-refractivity contribution in [2.45, 2.75) is 31.6 Å². The van der Waals surface area contributed by atoms with E-state index in [-0.39, 0.29) is 46.2 Å². The molecule has 1 aliphatic rings. The predicted molar refractivity (Wildman–Crippen MR) is 163 cm³/mol. The molecular weight excluding hydrogens is 642 g/mol. The summed E-state index contributed by atoms with van der Waals surface area (Å²) >= 11 is 6.04. The molecule has 0 radical (unpaired) electrons. The average Bonchev–Trinajstić information content (AvgIpc) is 2.96. The lowest BCUT2D eigenvalue weighted by Gasteiger charge is -2.29. The highest BCUT2D eigenvalue weighted by Gasteiger charge is 2.35. The molecule has 1 aromatic heterocycles. The number of sulfonamides is 1. The molecular formula is C28H32ClF4N7O4S. The summed E-state index contributed by atoms with van der Waals surface area (Å²) in [5, 5.41) is 8.30. The van der Waals surface area contributed by atoms with Gasteiger partial charge < -0.3 is 25.6 Å². The molecule has 17 heteroatoms. The third-order valence-corrected chi connectivity index (χ3v) is 8.69. The van der Waals surface area contributed by atoms with Crippen molar-refractivity contribution in [1.29, 1.82) is 0 Å². The average molecular weight is 674 g/mol. The standard InChI is InChI=1S/C28H32ClF4N7O4S/c1-39-9-7-18(8-10-39)36-26(41)19-12-24(44-3)22(13-21(19)30)37-27-35-15-20(28(31,32)33)25(38-27)34-14-16-5-6-17(29)11-23(16)40(2)45(4,42)43/h5-6,11-13,15,18H,7-10,14H2,1-4H3,(H,36,41)(H2,34,35,37,38). The first kappa shape index (κ1) is 34.0. The van der Waals surface area contributed by atoms with E-state index in [9.17, 15) is 26.4 Å². The monoisotopic (exact) mass is 673 g/mol. The summed E-state index contributed by atoms with van der Waals surface area (Å²) in [5.74, 6) is -2.45. The normalized spacial score (nSPS) is 14.6. The van der Waals surface area contributed by atoms with Crippen molar-refractivity contribution in [3.05, 3.63) is 64.1 Å². The van der Waals surface area contributed by atoms with Crippen LogP contribution in [0.4, 0.5) is 40.7 Å². The van der Waals surface area contributed by atoms with Gasteiger partial charge in [0.1, 0.15) is 22.9 Å². The Morgan fingerprint density at radius 3 is 2.51 bits per heavy atom. The minimum Gasteiger partial charge on any atom is -0.495 e. The van der Waals surface area contributed by atoms with E-state index in [1.54, 1.807) is 0 Å². The highest BCUT2D eigenvalue weighted by molar-refractivity contribution is 7.92. The van der Waals surface area contributed by atoms with Crippen LogP contribution in [-0.4, -0.2) is 75.8 Å². The number of alkyl halides is 3. The number of methoxy groups -OCH3 is 1. The molecule has 3 aromatic rings. The Balaban J connectivity index is 1.60. The Kier molecular flexibility index (Phi) is 10.3. The van der Waals surface area contributed by atoms with E-state index in [4.69, 9.17) is 16.3 Å². The number of hydrogen-bond donors (Lipinski definition) is 3. The number of benzene rings is 2. The molecule has 1 fully saturated rings. The lowest BCUT2D eigenvalue weighted by atomic mass is 10.0. The zero-order chi connectivity index (χ0) is 33.1. The number of likely N-dealkylation sites (tertiary alicyclic amines) is 1. The molecule has 244 valence electrons. The maximum atomic E-state index is 15.1. The molecule has 1 aliphatic heterocycles.